The average Bonchev–Trinajstić information content (AvgIpc) is 2.49. The standard InChI is InChI=1S/C15H15Cl2N3O/c1-3-20(2)10-19-12-5-7-15(18-9-12)21-14-6-4-11(16)8-13(14)17/h4-10H,3H2,1-2H3/b19-10-. The number of benzene rings is 1. The zero-order valence-electron chi connectivity index (χ0n) is 11.8. The lowest BCUT2D eigenvalue weighted by molar-refractivity contribution is 0.463. The smallest absolute Gasteiger partial charge is 0.219 e. The number of aliphatic imine (C=N–C) groups is 1. The van der Waals surface area contributed by atoms with Crippen LogP contribution in [0, 0.1) is 0 Å². The van der Waals surface area contributed by atoms with Crippen LogP contribution in [0.1, 0.15) is 6.92 Å². The normalized spacial score (nSPS) is 10.9. The van der Waals surface area contributed by atoms with E-state index in [9.17, 15) is 0 Å². The van der Waals surface area contributed by atoms with E-state index >= 15 is 0 Å². The minimum Gasteiger partial charge on any atom is -0.437 e. The largest absolute Gasteiger partial charge is 0.437 e. The maximum absolute atomic E-state index is 6.04. The van der Waals surface area contributed by atoms with Crippen LogP contribution in [0.15, 0.2) is 41.5 Å². The second kappa shape index (κ2) is 7.29. The first-order chi connectivity index (χ1) is 10.1. The van der Waals surface area contributed by atoms with Gasteiger partial charge in [0.25, 0.3) is 0 Å². The van der Waals surface area contributed by atoms with Gasteiger partial charge in [-0.3, -0.25) is 0 Å². The van der Waals surface area contributed by atoms with Crippen LogP contribution in [-0.2, 0) is 0 Å². The molecule has 0 fully saturated rings. The lowest BCUT2D eigenvalue weighted by atomic mass is 10.3. The first-order valence-electron chi connectivity index (χ1n) is 6.42. The van der Waals surface area contributed by atoms with E-state index in [4.69, 9.17) is 27.9 Å². The molecule has 0 aliphatic rings. The molecule has 0 saturated carbocycles. The van der Waals surface area contributed by atoms with Gasteiger partial charge in [-0.2, -0.15) is 0 Å². The molecule has 0 amide bonds. The maximum atomic E-state index is 6.04. The Labute approximate surface area is 134 Å². The van der Waals surface area contributed by atoms with E-state index in [-0.39, 0.29) is 0 Å². The van der Waals surface area contributed by atoms with Crippen LogP contribution < -0.4 is 4.74 Å². The molecule has 110 valence electrons. The van der Waals surface area contributed by atoms with Crippen molar-refractivity contribution in [2.24, 2.45) is 4.99 Å². The zero-order valence-corrected chi connectivity index (χ0v) is 13.3. The number of ether oxygens (including phenoxy) is 1. The number of aromatic nitrogens is 1. The number of pyridine rings is 1. The first kappa shape index (κ1) is 15.6. The van der Waals surface area contributed by atoms with Crippen molar-refractivity contribution in [2.45, 2.75) is 6.92 Å². The molecule has 2 aromatic rings. The van der Waals surface area contributed by atoms with Gasteiger partial charge in [0.05, 0.1) is 23.2 Å². The summed E-state index contributed by atoms with van der Waals surface area (Å²) in [6.45, 7) is 2.95. The van der Waals surface area contributed by atoms with Crippen LogP contribution in [0.4, 0.5) is 5.69 Å². The van der Waals surface area contributed by atoms with Gasteiger partial charge in [-0.05, 0) is 31.2 Å². The van der Waals surface area contributed by atoms with Gasteiger partial charge in [-0.25, -0.2) is 9.98 Å². The summed E-state index contributed by atoms with van der Waals surface area (Å²) in [6, 6.07) is 8.60. The third-order valence-corrected chi connectivity index (χ3v) is 3.26. The fraction of sp³-hybridized carbons (Fsp3) is 0.200. The van der Waals surface area contributed by atoms with Gasteiger partial charge < -0.3 is 9.64 Å². The SMILES string of the molecule is CCN(C)/C=N\c1ccc(Oc2ccc(Cl)cc2Cl)nc1. The second-order valence-electron chi connectivity index (χ2n) is 4.35. The highest BCUT2D eigenvalue weighted by atomic mass is 35.5. The molecule has 0 saturated heterocycles. The third kappa shape index (κ3) is 4.62. The predicted octanol–water partition coefficient (Wildman–Crippen LogP) is 4.79. The Morgan fingerprint density at radius 2 is 2.10 bits per heavy atom. The molecule has 0 aliphatic heterocycles. The topological polar surface area (TPSA) is 37.7 Å². The van der Waals surface area contributed by atoms with E-state index in [1.165, 1.54) is 0 Å². The Morgan fingerprint density at radius 3 is 2.71 bits per heavy atom. The van der Waals surface area contributed by atoms with Gasteiger partial charge in [0.1, 0.15) is 5.75 Å². The summed E-state index contributed by atoms with van der Waals surface area (Å²) in [7, 11) is 1.96. The van der Waals surface area contributed by atoms with Gasteiger partial charge in [-0.1, -0.05) is 23.2 Å². The summed E-state index contributed by atoms with van der Waals surface area (Å²) in [5.74, 6) is 0.956. The third-order valence-electron chi connectivity index (χ3n) is 2.73. The number of nitrogens with zero attached hydrogens (tertiary/aromatic N) is 3. The molecule has 0 unspecified atom stereocenters. The van der Waals surface area contributed by atoms with Crippen LogP contribution in [0.25, 0.3) is 0 Å². The molecule has 0 aliphatic carbocycles. The summed E-state index contributed by atoms with van der Waals surface area (Å²) in [5.41, 5.74) is 0.754. The van der Waals surface area contributed by atoms with Crippen molar-refractivity contribution >= 4 is 35.2 Å². The van der Waals surface area contributed by atoms with Gasteiger partial charge in [0.15, 0.2) is 0 Å². The molecule has 1 aromatic carbocycles. The quantitative estimate of drug-likeness (QED) is 0.586. The highest BCUT2D eigenvalue weighted by molar-refractivity contribution is 6.35. The molecular weight excluding hydrogens is 309 g/mol. The molecule has 4 nitrogen and oxygen atoms in total. The Kier molecular flexibility index (Phi) is 5.42. The van der Waals surface area contributed by atoms with Crippen LogP contribution in [0.3, 0.4) is 0 Å². The first-order valence-corrected chi connectivity index (χ1v) is 7.17. The number of rotatable bonds is 5. The Bertz CT molecular complexity index is 629. The molecule has 1 heterocycles. The van der Waals surface area contributed by atoms with Crippen molar-refractivity contribution in [1.82, 2.24) is 9.88 Å². The van der Waals surface area contributed by atoms with E-state index < -0.39 is 0 Å². The molecule has 2 rings (SSSR count). The molecule has 6 heteroatoms. The predicted molar refractivity (Wildman–Crippen MR) is 87.2 cm³/mol. The molecule has 0 bridgehead atoms. The van der Waals surface area contributed by atoms with Crippen molar-refractivity contribution in [2.75, 3.05) is 13.6 Å². The Hall–Kier alpha value is -1.78. The molecular formula is C15H15Cl2N3O. The molecule has 21 heavy (non-hydrogen) atoms. The fourth-order valence-corrected chi connectivity index (χ4v) is 1.87. The maximum Gasteiger partial charge on any atom is 0.219 e. The average molecular weight is 324 g/mol. The van der Waals surface area contributed by atoms with Gasteiger partial charge in [0.2, 0.25) is 5.88 Å². The van der Waals surface area contributed by atoms with E-state index in [0.717, 1.165) is 12.2 Å². The van der Waals surface area contributed by atoms with Crippen LogP contribution in [0.5, 0.6) is 11.6 Å². The number of hydrogen-bond acceptors (Lipinski definition) is 3. The highest BCUT2D eigenvalue weighted by Gasteiger charge is 2.04. The van der Waals surface area contributed by atoms with E-state index in [2.05, 4.69) is 16.9 Å². The van der Waals surface area contributed by atoms with Crippen molar-refractivity contribution in [3.63, 3.8) is 0 Å². The summed E-state index contributed by atoms with van der Waals surface area (Å²) in [6.07, 6.45) is 3.40. The molecule has 0 N–H and O–H groups in total. The fourth-order valence-electron chi connectivity index (χ4n) is 1.43. The second-order valence-corrected chi connectivity index (χ2v) is 5.19. The molecule has 0 atom stereocenters. The lowest BCUT2D eigenvalue weighted by Crippen LogP contribution is -2.14. The Balaban J connectivity index is 2.07. The van der Waals surface area contributed by atoms with E-state index in [0.29, 0.717) is 21.7 Å². The van der Waals surface area contributed by atoms with Crippen molar-refractivity contribution in [1.29, 1.82) is 0 Å². The van der Waals surface area contributed by atoms with Crippen LogP contribution in [0.2, 0.25) is 10.0 Å². The highest BCUT2D eigenvalue weighted by Crippen LogP contribution is 2.31. The van der Waals surface area contributed by atoms with Crippen molar-refractivity contribution in [3.05, 3.63) is 46.6 Å². The van der Waals surface area contributed by atoms with E-state index in [1.54, 1.807) is 36.8 Å². The zero-order chi connectivity index (χ0) is 15.2. The number of halogens is 2. The number of hydrogen-bond donors (Lipinski definition) is 0. The van der Waals surface area contributed by atoms with Crippen LogP contribution in [-0.4, -0.2) is 29.8 Å². The molecule has 0 spiro atoms. The summed E-state index contributed by atoms with van der Waals surface area (Å²) in [4.78, 5) is 10.5. The minimum atomic E-state index is 0.441. The van der Waals surface area contributed by atoms with Crippen molar-refractivity contribution < 1.29 is 4.74 Å². The minimum absolute atomic E-state index is 0.441. The van der Waals surface area contributed by atoms with Gasteiger partial charge >= 0.3 is 0 Å². The molecule has 0 radical (unpaired) electrons. The van der Waals surface area contributed by atoms with Gasteiger partial charge in [-0.15, -0.1) is 0 Å². The molecule has 1 aromatic heterocycles. The lowest BCUT2D eigenvalue weighted by Gasteiger charge is -2.08. The summed E-state index contributed by atoms with van der Waals surface area (Å²) < 4.78 is 5.60. The monoisotopic (exact) mass is 323 g/mol. The van der Waals surface area contributed by atoms with Crippen LogP contribution >= 0.6 is 23.2 Å². The Morgan fingerprint density at radius 1 is 1.29 bits per heavy atom. The summed E-state index contributed by atoms with van der Waals surface area (Å²) in [5, 5.41) is 1.00. The van der Waals surface area contributed by atoms with E-state index in [1.807, 2.05) is 18.0 Å². The van der Waals surface area contributed by atoms with Gasteiger partial charge in [0, 0.05) is 24.7 Å². The summed E-state index contributed by atoms with van der Waals surface area (Å²) >= 11 is 11.9. The van der Waals surface area contributed by atoms with Crippen molar-refractivity contribution in [3.8, 4) is 11.6 Å².